The maximum absolute atomic E-state index is 13.5. The number of methoxy groups -OCH3 is 1. The molecule has 0 aliphatic rings. The Morgan fingerprint density at radius 1 is 1.30 bits per heavy atom. The molecule has 0 aliphatic carbocycles. The van der Waals surface area contributed by atoms with Gasteiger partial charge in [-0.3, -0.25) is 0 Å². The van der Waals surface area contributed by atoms with Gasteiger partial charge in [0.15, 0.2) is 0 Å². The highest BCUT2D eigenvalue weighted by Crippen LogP contribution is 2.31. The number of aromatic nitrogens is 1. The van der Waals surface area contributed by atoms with Crippen LogP contribution in [-0.4, -0.2) is 30.3 Å². The molecule has 0 spiro atoms. The Morgan fingerprint density at radius 2 is 1.93 bits per heavy atom. The van der Waals surface area contributed by atoms with E-state index in [0.717, 1.165) is 11.1 Å². The van der Waals surface area contributed by atoms with Crippen molar-refractivity contribution in [3.8, 4) is 17.0 Å². The zero-order valence-electron chi connectivity index (χ0n) is 16.3. The number of hydrogen-bond donors (Lipinski definition) is 2. The minimum absolute atomic E-state index is 0.0372. The normalized spacial score (nSPS) is 12.4. The number of carbonyl (C=O) groups excluding carboxylic acids is 1. The van der Waals surface area contributed by atoms with Crippen LogP contribution in [0.2, 0.25) is 0 Å². The van der Waals surface area contributed by atoms with Crippen LogP contribution < -0.4 is 15.8 Å². The minimum atomic E-state index is -0.756. The van der Waals surface area contributed by atoms with E-state index in [1.54, 1.807) is 0 Å². The molecule has 0 bridgehead atoms. The third-order valence-electron chi connectivity index (χ3n) is 3.90. The first-order valence-corrected chi connectivity index (χ1v) is 8.68. The van der Waals surface area contributed by atoms with Gasteiger partial charge in [0.25, 0.3) is 0 Å². The Morgan fingerprint density at radius 3 is 2.48 bits per heavy atom. The average Bonchev–Trinajstić information content (AvgIpc) is 2.60. The number of amides is 1. The molecule has 146 valence electrons. The zero-order chi connectivity index (χ0) is 20.2. The SMILES string of the molecule is COc1nc(F)c(N)cc1-c1ccc([C@@H](C)CNC(=O)OC(C)(C)C)cc1. The minimum Gasteiger partial charge on any atom is -0.480 e. The second-order valence-corrected chi connectivity index (χ2v) is 7.33. The van der Waals surface area contributed by atoms with Gasteiger partial charge in [-0.25, -0.2) is 4.79 Å². The third-order valence-corrected chi connectivity index (χ3v) is 3.90. The molecule has 2 aromatic rings. The van der Waals surface area contributed by atoms with Crippen molar-refractivity contribution in [3.05, 3.63) is 41.8 Å². The molecular formula is C20H26FN3O3. The lowest BCUT2D eigenvalue weighted by Crippen LogP contribution is -2.34. The molecule has 0 fully saturated rings. The van der Waals surface area contributed by atoms with Gasteiger partial charge >= 0.3 is 6.09 Å². The number of anilines is 1. The van der Waals surface area contributed by atoms with E-state index in [1.165, 1.54) is 13.2 Å². The van der Waals surface area contributed by atoms with Crippen LogP contribution in [0.4, 0.5) is 14.9 Å². The van der Waals surface area contributed by atoms with Gasteiger partial charge in [-0.2, -0.15) is 9.37 Å². The summed E-state index contributed by atoms with van der Waals surface area (Å²) in [6.45, 7) is 7.91. The van der Waals surface area contributed by atoms with E-state index in [-0.39, 0.29) is 17.5 Å². The van der Waals surface area contributed by atoms with Gasteiger partial charge in [-0.15, -0.1) is 0 Å². The molecule has 3 N–H and O–H groups in total. The van der Waals surface area contributed by atoms with Crippen LogP contribution in [0.3, 0.4) is 0 Å². The van der Waals surface area contributed by atoms with Crippen molar-refractivity contribution in [2.24, 2.45) is 0 Å². The molecule has 1 aromatic heterocycles. The van der Waals surface area contributed by atoms with Crippen LogP contribution >= 0.6 is 0 Å². The molecule has 1 heterocycles. The van der Waals surface area contributed by atoms with Gasteiger partial charge in [0.05, 0.1) is 12.8 Å². The number of nitrogen functional groups attached to an aromatic ring is 1. The average molecular weight is 375 g/mol. The van der Waals surface area contributed by atoms with E-state index in [0.29, 0.717) is 12.1 Å². The Balaban J connectivity index is 2.09. The van der Waals surface area contributed by atoms with Crippen molar-refractivity contribution < 1.29 is 18.7 Å². The predicted molar refractivity (Wildman–Crippen MR) is 103 cm³/mol. The van der Waals surface area contributed by atoms with Crippen LogP contribution in [0.5, 0.6) is 5.88 Å². The van der Waals surface area contributed by atoms with Gasteiger partial charge in [0.1, 0.15) is 5.60 Å². The van der Waals surface area contributed by atoms with E-state index in [1.807, 2.05) is 52.0 Å². The molecule has 0 saturated carbocycles. The van der Waals surface area contributed by atoms with Crippen molar-refractivity contribution in [1.82, 2.24) is 10.3 Å². The molecule has 2 rings (SSSR count). The summed E-state index contributed by atoms with van der Waals surface area (Å²) in [5.74, 6) is -0.493. The number of alkyl carbamates (subject to hydrolysis) is 1. The second kappa shape index (κ2) is 8.24. The monoisotopic (exact) mass is 375 g/mol. The molecule has 7 heteroatoms. The van der Waals surface area contributed by atoms with Crippen LogP contribution in [0.25, 0.3) is 11.1 Å². The molecular weight excluding hydrogens is 349 g/mol. The molecule has 0 aliphatic heterocycles. The second-order valence-electron chi connectivity index (χ2n) is 7.33. The number of nitrogens with two attached hydrogens (primary N) is 1. The van der Waals surface area contributed by atoms with Crippen molar-refractivity contribution in [1.29, 1.82) is 0 Å². The predicted octanol–water partition coefficient (Wildman–Crippen LogP) is 4.11. The maximum atomic E-state index is 13.5. The molecule has 0 unspecified atom stereocenters. The molecule has 1 amide bonds. The number of pyridine rings is 1. The Labute approximate surface area is 158 Å². The fourth-order valence-electron chi connectivity index (χ4n) is 2.51. The number of benzene rings is 1. The smallest absolute Gasteiger partial charge is 0.407 e. The Bertz CT molecular complexity index is 801. The van der Waals surface area contributed by atoms with E-state index in [2.05, 4.69) is 10.3 Å². The molecule has 27 heavy (non-hydrogen) atoms. The summed E-state index contributed by atoms with van der Waals surface area (Å²) >= 11 is 0. The highest BCUT2D eigenvalue weighted by molar-refractivity contribution is 5.72. The fraction of sp³-hybridized carbons (Fsp3) is 0.400. The lowest BCUT2D eigenvalue weighted by Gasteiger charge is -2.21. The van der Waals surface area contributed by atoms with Crippen molar-refractivity contribution in [2.75, 3.05) is 19.4 Å². The number of ether oxygens (including phenoxy) is 2. The van der Waals surface area contributed by atoms with Crippen LogP contribution in [0.15, 0.2) is 30.3 Å². The summed E-state index contributed by atoms with van der Waals surface area (Å²) < 4.78 is 23.9. The number of carbonyl (C=O) groups is 1. The van der Waals surface area contributed by atoms with E-state index in [9.17, 15) is 9.18 Å². The molecule has 6 nitrogen and oxygen atoms in total. The lowest BCUT2D eigenvalue weighted by atomic mass is 9.97. The third kappa shape index (κ3) is 5.57. The number of nitrogens with one attached hydrogen (secondary N) is 1. The first-order chi connectivity index (χ1) is 12.6. The summed E-state index contributed by atoms with van der Waals surface area (Å²) in [7, 11) is 1.43. The maximum Gasteiger partial charge on any atom is 0.407 e. The molecule has 0 radical (unpaired) electrons. The lowest BCUT2D eigenvalue weighted by molar-refractivity contribution is 0.0525. The highest BCUT2D eigenvalue weighted by atomic mass is 19.1. The Kier molecular flexibility index (Phi) is 6.25. The fourth-order valence-corrected chi connectivity index (χ4v) is 2.51. The van der Waals surface area contributed by atoms with Crippen LogP contribution in [0.1, 0.15) is 39.2 Å². The Hall–Kier alpha value is -2.83. The molecule has 1 atom stereocenters. The zero-order valence-corrected chi connectivity index (χ0v) is 16.3. The van der Waals surface area contributed by atoms with E-state index in [4.69, 9.17) is 15.2 Å². The van der Waals surface area contributed by atoms with Gasteiger partial charge in [0.2, 0.25) is 11.8 Å². The summed E-state index contributed by atoms with van der Waals surface area (Å²) in [4.78, 5) is 15.5. The number of halogens is 1. The number of rotatable bonds is 5. The summed E-state index contributed by atoms with van der Waals surface area (Å²) in [5.41, 5.74) is 7.52. The number of hydrogen-bond acceptors (Lipinski definition) is 5. The quantitative estimate of drug-likeness (QED) is 0.768. The van der Waals surface area contributed by atoms with E-state index >= 15 is 0 Å². The van der Waals surface area contributed by atoms with Crippen molar-refractivity contribution in [2.45, 2.75) is 39.2 Å². The first kappa shape index (κ1) is 20.5. The standard InChI is InChI=1S/C20H26FN3O3/c1-12(11-23-19(25)27-20(2,3)4)13-6-8-14(9-7-13)15-10-16(22)17(21)24-18(15)26-5/h6-10,12H,11,22H2,1-5H3,(H,23,25)/t12-/m0/s1. The van der Waals surface area contributed by atoms with Crippen LogP contribution in [-0.2, 0) is 4.74 Å². The van der Waals surface area contributed by atoms with Gasteiger partial charge < -0.3 is 20.5 Å². The topological polar surface area (TPSA) is 86.5 Å². The summed E-state index contributed by atoms with van der Waals surface area (Å²) in [6.07, 6.45) is -0.441. The molecule has 0 saturated heterocycles. The van der Waals surface area contributed by atoms with Gasteiger partial charge in [-0.1, -0.05) is 31.2 Å². The van der Waals surface area contributed by atoms with Crippen molar-refractivity contribution >= 4 is 11.8 Å². The van der Waals surface area contributed by atoms with Crippen LogP contribution in [0, 0.1) is 5.95 Å². The largest absolute Gasteiger partial charge is 0.480 e. The van der Waals surface area contributed by atoms with Gasteiger partial charge in [0, 0.05) is 12.1 Å². The number of nitrogens with zero attached hydrogens (tertiary/aromatic N) is 1. The van der Waals surface area contributed by atoms with Gasteiger partial charge in [-0.05, 0) is 43.9 Å². The van der Waals surface area contributed by atoms with Crippen molar-refractivity contribution in [3.63, 3.8) is 0 Å². The molecule has 1 aromatic carbocycles. The highest BCUT2D eigenvalue weighted by Gasteiger charge is 2.17. The summed E-state index contributed by atoms with van der Waals surface area (Å²) in [6, 6.07) is 9.15. The summed E-state index contributed by atoms with van der Waals surface area (Å²) in [5, 5.41) is 2.77. The first-order valence-electron chi connectivity index (χ1n) is 8.68. The van der Waals surface area contributed by atoms with E-state index < -0.39 is 17.6 Å².